The quantitative estimate of drug-likeness (QED) is 0.725. The number of nitrogens with one attached hydrogen (secondary N) is 1. The molecule has 1 atom stereocenters. The summed E-state index contributed by atoms with van der Waals surface area (Å²) in [5.41, 5.74) is -0.481. The number of hydrogen-bond donors (Lipinski definition) is 2. The largest absolute Gasteiger partial charge is 0.388 e. The van der Waals surface area contributed by atoms with Gasteiger partial charge in [0.15, 0.2) is 0 Å². The predicted molar refractivity (Wildman–Crippen MR) is 83.6 cm³/mol. The molecule has 0 saturated heterocycles. The van der Waals surface area contributed by atoms with Gasteiger partial charge in [-0.15, -0.1) is 0 Å². The van der Waals surface area contributed by atoms with Crippen LogP contribution in [0.15, 0.2) is 18.2 Å². The van der Waals surface area contributed by atoms with Crippen LogP contribution in [-0.4, -0.2) is 36.9 Å². The molecule has 0 heterocycles. The highest BCUT2D eigenvalue weighted by molar-refractivity contribution is 14.1. The first-order valence-corrected chi connectivity index (χ1v) is 7.26. The molecule has 4 nitrogen and oxygen atoms in total. The van der Waals surface area contributed by atoms with E-state index >= 15 is 0 Å². The third kappa shape index (κ3) is 5.64. The number of methoxy groups -OCH3 is 1. The zero-order valence-electron chi connectivity index (χ0n) is 10.9. The molecule has 19 heavy (non-hydrogen) atoms. The van der Waals surface area contributed by atoms with Gasteiger partial charge >= 0.3 is 0 Å². The summed E-state index contributed by atoms with van der Waals surface area (Å²) in [5.74, 6) is -0.246. The van der Waals surface area contributed by atoms with Gasteiger partial charge in [-0.25, -0.2) is 0 Å². The SMILES string of the molecule is COCCC(C)(O)CNC(=O)c1cc(Cl)ccc1I. The molecule has 0 radical (unpaired) electrons. The molecule has 0 aliphatic rings. The fourth-order valence-corrected chi connectivity index (χ4v) is 2.20. The topological polar surface area (TPSA) is 58.6 Å². The Kier molecular flexibility index (Phi) is 6.52. The Morgan fingerprint density at radius 2 is 2.26 bits per heavy atom. The molecule has 0 spiro atoms. The minimum absolute atomic E-state index is 0.164. The van der Waals surface area contributed by atoms with Crippen molar-refractivity contribution in [3.63, 3.8) is 0 Å². The van der Waals surface area contributed by atoms with Gasteiger partial charge in [0.25, 0.3) is 5.91 Å². The van der Waals surface area contributed by atoms with Crippen LogP contribution < -0.4 is 5.32 Å². The summed E-state index contributed by atoms with van der Waals surface area (Å²) in [7, 11) is 1.57. The van der Waals surface area contributed by atoms with Gasteiger partial charge in [-0.05, 0) is 47.7 Å². The average molecular weight is 398 g/mol. The van der Waals surface area contributed by atoms with Crippen LogP contribution in [-0.2, 0) is 4.74 Å². The van der Waals surface area contributed by atoms with Crippen LogP contribution in [0.25, 0.3) is 0 Å². The molecule has 1 aromatic rings. The number of carbonyl (C=O) groups excluding carboxylic acids is 1. The van der Waals surface area contributed by atoms with Crippen molar-refractivity contribution in [2.75, 3.05) is 20.3 Å². The van der Waals surface area contributed by atoms with E-state index in [4.69, 9.17) is 16.3 Å². The van der Waals surface area contributed by atoms with E-state index in [2.05, 4.69) is 27.9 Å². The normalized spacial score (nSPS) is 13.9. The summed E-state index contributed by atoms with van der Waals surface area (Å²) in [6, 6.07) is 5.12. The molecule has 0 bridgehead atoms. The Morgan fingerprint density at radius 1 is 1.58 bits per heavy atom. The van der Waals surface area contributed by atoms with Crippen molar-refractivity contribution in [3.8, 4) is 0 Å². The first-order valence-electron chi connectivity index (χ1n) is 5.80. The van der Waals surface area contributed by atoms with Gasteiger partial charge in [-0.2, -0.15) is 0 Å². The van der Waals surface area contributed by atoms with Crippen molar-refractivity contribution in [1.29, 1.82) is 0 Å². The third-order valence-electron chi connectivity index (χ3n) is 2.65. The number of hydrogen-bond acceptors (Lipinski definition) is 3. The lowest BCUT2D eigenvalue weighted by molar-refractivity contribution is 0.0243. The Morgan fingerprint density at radius 3 is 2.89 bits per heavy atom. The van der Waals surface area contributed by atoms with Crippen molar-refractivity contribution >= 4 is 40.1 Å². The molecule has 0 aromatic heterocycles. The first kappa shape index (κ1) is 16.7. The highest BCUT2D eigenvalue weighted by Gasteiger charge is 2.21. The Hall–Kier alpha value is -0.370. The van der Waals surface area contributed by atoms with Gasteiger partial charge in [0.1, 0.15) is 0 Å². The number of ether oxygens (including phenoxy) is 1. The monoisotopic (exact) mass is 397 g/mol. The van der Waals surface area contributed by atoms with Crippen LogP contribution in [0.3, 0.4) is 0 Å². The molecular weight excluding hydrogens is 381 g/mol. The molecule has 6 heteroatoms. The van der Waals surface area contributed by atoms with E-state index in [0.29, 0.717) is 23.6 Å². The standard InChI is InChI=1S/C13H17ClINO3/c1-13(18,5-6-19-2)8-16-12(17)10-7-9(14)3-4-11(10)15/h3-4,7,18H,5-6,8H2,1-2H3,(H,16,17). The van der Waals surface area contributed by atoms with E-state index in [9.17, 15) is 9.90 Å². The maximum atomic E-state index is 12.0. The summed E-state index contributed by atoms with van der Waals surface area (Å²) in [6.45, 7) is 2.27. The molecule has 2 N–H and O–H groups in total. The molecule has 0 aliphatic carbocycles. The number of aliphatic hydroxyl groups is 1. The van der Waals surface area contributed by atoms with E-state index < -0.39 is 5.60 Å². The smallest absolute Gasteiger partial charge is 0.252 e. The minimum atomic E-state index is -0.990. The van der Waals surface area contributed by atoms with Crippen molar-refractivity contribution in [3.05, 3.63) is 32.4 Å². The third-order valence-corrected chi connectivity index (χ3v) is 3.82. The zero-order chi connectivity index (χ0) is 14.5. The van der Waals surface area contributed by atoms with Crippen molar-refractivity contribution in [2.24, 2.45) is 0 Å². The molecule has 0 saturated carbocycles. The van der Waals surface area contributed by atoms with Crippen LogP contribution in [0, 0.1) is 3.57 Å². The second-order valence-corrected chi connectivity index (χ2v) is 6.15. The summed E-state index contributed by atoms with van der Waals surface area (Å²) in [4.78, 5) is 12.0. The average Bonchev–Trinajstić information content (AvgIpc) is 2.36. The van der Waals surface area contributed by atoms with Crippen LogP contribution in [0.5, 0.6) is 0 Å². The van der Waals surface area contributed by atoms with Gasteiger partial charge in [-0.3, -0.25) is 4.79 Å². The molecule has 1 amide bonds. The van der Waals surface area contributed by atoms with Gasteiger partial charge in [0.05, 0.1) is 11.2 Å². The summed E-state index contributed by atoms with van der Waals surface area (Å²) < 4.78 is 5.73. The van der Waals surface area contributed by atoms with Crippen LogP contribution in [0.1, 0.15) is 23.7 Å². The Labute approximate surface area is 131 Å². The second-order valence-electron chi connectivity index (χ2n) is 4.55. The second kappa shape index (κ2) is 7.42. The summed E-state index contributed by atoms with van der Waals surface area (Å²) in [6.07, 6.45) is 0.455. The van der Waals surface area contributed by atoms with Crippen molar-refractivity contribution < 1.29 is 14.6 Å². The number of rotatable bonds is 6. The van der Waals surface area contributed by atoms with Gasteiger partial charge < -0.3 is 15.2 Å². The molecule has 1 aromatic carbocycles. The van der Waals surface area contributed by atoms with Crippen LogP contribution in [0.2, 0.25) is 5.02 Å². The summed E-state index contributed by atoms with van der Waals surface area (Å²) in [5, 5.41) is 13.3. The maximum Gasteiger partial charge on any atom is 0.252 e. The highest BCUT2D eigenvalue weighted by Crippen LogP contribution is 2.18. The van der Waals surface area contributed by atoms with E-state index in [0.717, 1.165) is 3.57 Å². The van der Waals surface area contributed by atoms with E-state index in [-0.39, 0.29) is 12.5 Å². The Bertz CT molecular complexity index is 452. The number of carbonyl (C=O) groups is 1. The molecule has 106 valence electrons. The van der Waals surface area contributed by atoms with E-state index in [1.165, 1.54) is 0 Å². The molecule has 0 fully saturated rings. The van der Waals surface area contributed by atoms with Crippen molar-refractivity contribution in [1.82, 2.24) is 5.32 Å². The first-order chi connectivity index (χ1) is 8.85. The fourth-order valence-electron chi connectivity index (χ4n) is 1.45. The minimum Gasteiger partial charge on any atom is -0.388 e. The van der Waals surface area contributed by atoms with Gasteiger partial charge in [0.2, 0.25) is 0 Å². The predicted octanol–water partition coefficient (Wildman–Crippen LogP) is 2.46. The summed E-state index contributed by atoms with van der Waals surface area (Å²) >= 11 is 7.94. The van der Waals surface area contributed by atoms with Crippen molar-refractivity contribution in [2.45, 2.75) is 18.9 Å². The molecule has 0 aliphatic heterocycles. The van der Waals surface area contributed by atoms with E-state index in [1.54, 1.807) is 32.2 Å². The lowest BCUT2D eigenvalue weighted by atomic mass is 10.0. The highest BCUT2D eigenvalue weighted by atomic mass is 127. The molecule has 1 unspecified atom stereocenters. The lowest BCUT2D eigenvalue weighted by Crippen LogP contribution is -2.41. The fraction of sp³-hybridized carbons (Fsp3) is 0.462. The Balaban J connectivity index is 2.62. The lowest BCUT2D eigenvalue weighted by Gasteiger charge is -2.23. The number of halogens is 2. The molecule has 1 rings (SSSR count). The number of amides is 1. The van der Waals surface area contributed by atoms with E-state index in [1.807, 2.05) is 0 Å². The van der Waals surface area contributed by atoms with Crippen LogP contribution >= 0.6 is 34.2 Å². The van der Waals surface area contributed by atoms with Crippen LogP contribution in [0.4, 0.5) is 0 Å². The van der Waals surface area contributed by atoms with Gasteiger partial charge in [-0.1, -0.05) is 11.6 Å². The zero-order valence-corrected chi connectivity index (χ0v) is 13.8. The number of benzene rings is 1. The molecular formula is C13H17ClINO3. The maximum absolute atomic E-state index is 12.0. The van der Waals surface area contributed by atoms with Gasteiger partial charge in [0, 0.05) is 35.3 Å².